The van der Waals surface area contributed by atoms with Crippen LogP contribution in [0.25, 0.3) is 0 Å². The van der Waals surface area contributed by atoms with Crippen molar-refractivity contribution < 1.29 is 9.53 Å². The molecule has 58 valence electrons. The number of hydrogen-bond donors (Lipinski definition) is 0. The summed E-state index contributed by atoms with van der Waals surface area (Å²) in [6.45, 7) is 8.23. The molecule has 0 unspecified atom stereocenters. The minimum Gasteiger partial charge on any atom is -0.466 e. The average Bonchev–Trinajstić information content (AvgIpc) is 1.88. The van der Waals surface area contributed by atoms with Gasteiger partial charge in [0, 0.05) is 5.57 Å². The zero-order valence-corrected chi connectivity index (χ0v) is 7.77. The van der Waals surface area contributed by atoms with Gasteiger partial charge in [0.15, 0.2) is 0 Å². The van der Waals surface area contributed by atoms with Gasteiger partial charge in [0.05, 0.1) is 7.11 Å². The molecule has 10 heavy (non-hydrogen) atoms. The molecule has 0 radical (unpaired) electrons. The molecule has 0 aromatic rings. The predicted octanol–water partition coefficient (Wildman–Crippen LogP) is 2.26. The van der Waals surface area contributed by atoms with Gasteiger partial charge >= 0.3 is 5.97 Å². The highest BCUT2D eigenvalue weighted by atomic mass is 79.9. The van der Waals surface area contributed by atoms with Crippen LogP contribution < -0.4 is 0 Å². The Morgan fingerprint density at radius 3 is 2.00 bits per heavy atom. The summed E-state index contributed by atoms with van der Waals surface area (Å²) in [5.41, 5.74) is 0.433. The van der Waals surface area contributed by atoms with Gasteiger partial charge in [-0.3, -0.25) is 0 Å². The first-order valence-corrected chi connectivity index (χ1v) is 3.46. The highest BCUT2D eigenvalue weighted by Crippen LogP contribution is 1.87. The minimum absolute atomic E-state index is 0.347. The SMILES string of the molecule is C=C(C)C(=O)OC.C=CBr. The maximum atomic E-state index is 10.2. The normalized spacial score (nSPS) is 6.70. The van der Waals surface area contributed by atoms with Crippen LogP contribution in [-0.4, -0.2) is 13.1 Å². The van der Waals surface area contributed by atoms with Gasteiger partial charge < -0.3 is 4.74 Å². The van der Waals surface area contributed by atoms with Gasteiger partial charge in [0.2, 0.25) is 0 Å². The van der Waals surface area contributed by atoms with Crippen molar-refractivity contribution >= 4 is 21.9 Å². The number of rotatable bonds is 1. The van der Waals surface area contributed by atoms with Crippen molar-refractivity contribution in [2.24, 2.45) is 0 Å². The summed E-state index contributed by atoms with van der Waals surface area (Å²) in [6, 6.07) is 0. The average molecular weight is 207 g/mol. The molecule has 0 bridgehead atoms. The van der Waals surface area contributed by atoms with E-state index < -0.39 is 0 Å². The molecule has 3 heteroatoms. The van der Waals surface area contributed by atoms with Crippen LogP contribution in [0.15, 0.2) is 23.7 Å². The third-order valence-electron chi connectivity index (χ3n) is 0.534. The van der Waals surface area contributed by atoms with E-state index in [1.54, 1.807) is 11.9 Å². The van der Waals surface area contributed by atoms with E-state index in [4.69, 9.17) is 0 Å². The predicted molar refractivity (Wildman–Crippen MR) is 46.0 cm³/mol. The molecule has 0 rings (SSSR count). The van der Waals surface area contributed by atoms with E-state index in [-0.39, 0.29) is 5.97 Å². The van der Waals surface area contributed by atoms with Crippen molar-refractivity contribution in [3.8, 4) is 0 Å². The molecule has 2 nitrogen and oxygen atoms in total. The van der Waals surface area contributed by atoms with Crippen LogP contribution in [0.5, 0.6) is 0 Å². The summed E-state index contributed by atoms with van der Waals surface area (Å²) in [5.74, 6) is -0.347. The molecule has 0 aromatic carbocycles. The molecule has 0 spiro atoms. The van der Waals surface area contributed by atoms with Crippen molar-refractivity contribution in [3.05, 3.63) is 23.7 Å². The lowest BCUT2D eigenvalue weighted by Crippen LogP contribution is -1.98. The van der Waals surface area contributed by atoms with Gasteiger partial charge in [0.25, 0.3) is 0 Å². The Morgan fingerprint density at radius 1 is 1.70 bits per heavy atom. The molecule has 0 aliphatic heterocycles. The molecule has 0 N–H and O–H groups in total. The molecule has 0 heterocycles. The van der Waals surface area contributed by atoms with Crippen molar-refractivity contribution in [1.82, 2.24) is 0 Å². The fourth-order valence-corrected chi connectivity index (χ4v) is 0.174. The lowest BCUT2D eigenvalue weighted by molar-refractivity contribution is -0.136. The zero-order chi connectivity index (χ0) is 8.57. The second-order valence-corrected chi connectivity index (χ2v) is 2.07. The smallest absolute Gasteiger partial charge is 0.332 e. The topological polar surface area (TPSA) is 26.3 Å². The first-order valence-electron chi connectivity index (χ1n) is 2.55. The maximum Gasteiger partial charge on any atom is 0.332 e. The maximum absolute atomic E-state index is 10.2. The third kappa shape index (κ3) is 10.4. The molecule has 0 saturated heterocycles. The van der Waals surface area contributed by atoms with Crippen LogP contribution in [0.4, 0.5) is 0 Å². The summed E-state index contributed by atoms with van der Waals surface area (Å²) in [7, 11) is 1.33. The van der Waals surface area contributed by atoms with Crippen LogP contribution in [0, 0.1) is 0 Å². The van der Waals surface area contributed by atoms with Crippen LogP contribution in [0.3, 0.4) is 0 Å². The second kappa shape index (κ2) is 8.43. The number of halogens is 1. The second-order valence-electron chi connectivity index (χ2n) is 1.43. The van der Waals surface area contributed by atoms with Crippen LogP contribution in [-0.2, 0) is 9.53 Å². The Bertz CT molecular complexity index is 130. The largest absolute Gasteiger partial charge is 0.466 e. The van der Waals surface area contributed by atoms with E-state index in [9.17, 15) is 4.79 Å². The standard InChI is InChI=1S/C5H8O2.C2H3Br/c1-4(2)5(6)7-3;1-2-3/h1H2,2-3H3;2H,1H2. The van der Waals surface area contributed by atoms with Gasteiger partial charge in [-0.2, -0.15) is 0 Å². The summed E-state index contributed by atoms with van der Waals surface area (Å²) in [4.78, 5) is 11.8. The van der Waals surface area contributed by atoms with Crippen molar-refractivity contribution in [2.45, 2.75) is 6.92 Å². The lowest BCUT2D eigenvalue weighted by Gasteiger charge is -1.91. The summed E-state index contributed by atoms with van der Waals surface area (Å²) in [5, 5.41) is 0. The molecule has 0 aliphatic rings. The fraction of sp³-hybridized carbons (Fsp3) is 0.286. The van der Waals surface area contributed by atoms with E-state index in [0.717, 1.165) is 0 Å². The summed E-state index contributed by atoms with van der Waals surface area (Å²) in [6.07, 6.45) is 0. The summed E-state index contributed by atoms with van der Waals surface area (Å²) >= 11 is 2.91. The quantitative estimate of drug-likeness (QED) is 0.487. The van der Waals surface area contributed by atoms with E-state index in [1.807, 2.05) is 0 Å². The Kier molecular flexibility index (Phi) is 10.2. The lowest BCUT2D eigenvalue weighted by atomic mass is 10.4. The molecule has 0 amide bonds. The Morgan fingerprint density at radius 2 is 2.00 bits per heavy atom. The summed E-state index contributed by atoms with van der Waals surface area (Å²) < 4.78 is 4.27. The first-order chi connectivity index (χ1) is 4.59. The number of hydrogen-bond acceptors (Lipinski definition) is 2. The van der Waals surface area contributed by atoms with E-state index in [0.29, 0.717) is 5.57 Å². The molecule has 0 aromatic heterocycles. The fourth-order valence-electron chi connectivity index (χ4n) is 0.174. The Balaban J connectivity index is 0. The number of carbonyl (C=O) groups is 1. The first kappa shape index (κ1) is 12.1. The monoisotopic (exact) mass is 206 g/mol. The number of carbonyl (C=O) groups excluding carboxylic acids is 1. The molecular formula is C7H11BrO2. The van der Waals surface area contributed by atoms with Gasteiger partial charge in [-0.15, -0.1) is 0 Å². The Hall–Kier alpha value is -0.570. The number of methoxy groups -OCH3 is 1. The Labute approximate surface area is 69.7 Å². The zero-order valence-electron chi connectivity index (χ0n) is 6.19. The van der Waals surface area contributed by atoms with Gasteiger partial charge in [-0.05, 0) is 11.9 Å². The van der Waals surface area contributed by atoms with Crippen molar-refractivity contribution in [1.29, 1.82) is 0 Å². The van der Waals surface area contributed by atoms with Crippen molar-refractivity contribution in [2.75, 3.05) is 7.11 Å². The molecule has 0 fully saturated rings. The van der Waals surface area contributed by atoms with Gasteiger partial charge in [-0.1, -0.05) is 29.1 Å². The van der Waals surface area contributed by atoms with E-state index >= 15 is 0 Å². The number of esters is 1. The molecular weight excluding hydrogens is 196 g/mol. The highest BCUT2D eigenvalue weighted by Gasteiger charge is 1.95. The minimum atomic E-state index is -0.347. The van der Waals surface area contributed by atoms with Crippen LogP contribution in [0.1, 0.15) is 6.92 Å². The van der Waals surface area contributed by atoms with Crippen molar-refractivity contribution in [3.63, 3.8) is 0 Å². The van der Waals surface area contributed by atoms with Gasteiger partial charge in [-0.25, -0.2) is 4.79 Å². The van der Waals surface area contributed by atoms with Crippen LogP contribution in [0.2, 0.25) is 0 Å². The molecule has 0 saturated carbocycles. The van der Waals surface area contributed by atoms with E-state index in [2.05, 4.69) is 33.8 Å². The molecule has 0 aliphatic carbocycles. The van der Waals surface area contributed by atoms with E-state index in [1.165, 1.54) is 7.11 Å². The third-order valence-corrected chi connectivity index (χ3v) is 0.534. The highest BCUT2D eigenvalue weighted by molar-refractivity contribution is 9.11. The molecule has 0 atom stereocenters. The van der Waals surface area contributed by atoms with Crippen LogP contribution >= 0.6 is 15.9 Å². The number of ether oxygens (including phenoxy) is 1. The van der Waals surface area contributed by atoms with Gasteiger partial charge in [0.1, 0.15) is 0 Å².